The van der Waals surface area contributed by atoms with Crippen molar-refractivity contribution in [2.45, 2.75) is 31.7 Å². The largest absolute Gasteiger partial charge is 0.361 e. The summed E-state index contributed by atoms with van der Waals surface area (Å²) in [5.41, 5.74) is 2.15. The van der Waals surface area contributed by atoms with Gasteiger partial charge in [0.05, 0.1) is 0 Å². The number of fused-ring (bicyclic) bond motifs is 1. The number of nitrogens with one attached hydrogen (secondary N) is 1. The van der Waals surface area contributed by atoms with Gasteiger partial charge in [0.2, 0.25) is 0 Å². The Kier molecular flexibility index (Phi) is 5.15. The predicted octanol–water partition coefficient (Wildman–Crippen LogP) is 5.54. The van der Waals surface area contributed by atoms with E-state index in [1.54, 1.807) is 24.3 Å². The highest BCUT2D eigenvalue weighted by Crippen LogP contribution is 2.37. The van der Waals surface area contributed by atoms with Gasteiger partial charge in [-0.15, -0.1) is 0 Å². The predicted molar refractivity (Wildman–Crippen MR) is 101 cm³/mol. The molecule has 1 unspecified atom stereocenters. The summed E-state index contributed by atoms with van der Waals surface area (Å²) in [5, 5.41) is 0.904. The second-order valence-corrected chi connectivity index (χ2v) is 7.58. The molecule has 1 aromatic heterocycles. The van der Waals surface area contributed by atoms with Gasteiger partial charge in [0, 0.05) is 49.1 Å². The molecule has 0 amide bonds. The van der Waals surface area contributed by atoms with E-state index in [9.17, 15) is 17.6 Å². The summed E-state index contributed by atoms with van der Waals surface area (Å²) in [5.74, 6) is -4.22. The van der Waals surface area contributed by atoms with E-state index < -0.39 is 11.8 Å². The van der Waals surface area contributed by atoms with Gasteiger partial charge in [-0.2, -0.15) is 0 Å². The lowest BCUT2D eigenvalue weighted by atomic mass is 9.88. The molecule has 1 N–H and O–H groups in total. The van der Waals surface area contributed by atoms with Crippen molar-refractivity contribution in [2.75, 3.05) is 13.1 Å². The first-order chi connectivity index (χ1) is 13.4. The van der Waals surface area contributed by atoms with E-state index in [1.165, 1.54) is 18.2 Å². The van der Waals surface area contributed by atoms with E-state index in [0.717, 1.165) is 10.9 Å². The molecule has 1 aliphatic rings. The Morgan fingerprint density at radius 2 is 1.89 bits per heavy atom. The maximum Gasteiger partial charge on any atom is 0.253 e. The summed E-state index contributed by atoms with van der Waals surface area (Å²) < 4.78 is 56.1. The molecule has 2 heterocycles. The van der Waals surface area contributed by atoms with Crippen LogP contribution in [0.5, 0.6) is 0 Å². The third-order valence-corrected chi connectivity index (χ3v) is 5.68. The molecule has 3 aromatic rings. The molecule has 1 saturated heterocycles. The topological polar surface area (TPSA) is 19.0 Å². The third kappa shape index (κ3) is 3.92. The van der Waals surface area contributed by atoms with Crippen LogP contribution in [0.3, 0.4) is 0 Å². The van der Waals surface area contributed by atoms with E-state index in [-0.39, 0.29) is 31.0 Å². The maximum absolute atomic E-state index is 14.5. The highest BCUT2D eigenvalue weighted by Gasteiger charge is 2.43. The monoisotopic (exact) mass is 390 g/mol. The van der Waals surface area contributed by atoms with Crippen LogP contribution in [0.25, 0.3) is 10.9 Å². The van der Waals surface area contributed by atoms with Crippen molar-refractivity contribution in [3.63, 3.8) is 0 Å². The Hall–Kier alpha value is -2.34. The van der Waals surface area contributed by atoms with Gasteiger partial charge in [-0.25, -0.2) is 17.6 Å². The van der Waals surface area contributed by atoms with Gasteiger partial charge in [0.1, 0.15) is 11.6 Å². The number of hydrogen-bond acceptors (Lipinski definition) is 1. The van der Waals surface area contributed by atoms with Crippen LogP contribution in [0.15, 0.2) is 48.7 Å². The Morgan fingerprint density at radius 3 is 2.71 bits per heavy atom. The van der Waals surface area contributed by atoms with Crippen LogP contribution in [-0.2, 0) is 13.0 Å². The van der Waals surface area contributed by atoms with Crippen molar-refractivity contribution >= 4 is 10.9 Å². The molecule has 0 aliphatic carbocycles. The smallest absolute Gasteiger partial charge is 0.253 e. The zero-order valence-electron chi connectivity index (χ0n) is 15.4. The molecule has 1 fully saturated rings. The molecule has 6 heteroatoms. The molecule has 1 atom stereocenters. The van der Waals surface area contributed by atoms with Crippen LogP contribution >= 0.6 is 0 Å². The zero-order chi connectivity index (χ0) is 19.7. The van der Waals surface area contributed by atoms with E-state index in [4.69, 9.17) is 0 Å². The van der Waals surface area contributed by atoms with Crippen molar-refractivity contribution in [1.82, 2.24) is 9.88 Å². The maximum atomic E-state index is 14.5. The molecule has 0 bridgehead atoms. The fourth-order valence-electron chi connectivity index (χ4n) is 4.06. The summed E-state index contributed by atoms with van der Waals surface area (Å²) in [6.07, 6.45) is 2.15. The number of piperidine rings is 1. The summed E-state index contributed by atoms with van der Waals surface area (Å²) in [6, 6.07) is 10.9. The number of aryl methyl sites for hydroxylation is 1. The van der Waals surface area contributed by atoms with Crippen LogP contribution in [0.1, 0.15) is 24.0 Å². The fraction of sp³-hybridized carbons (Fsp3) is 0.364. The fourth-order valence-corrected chi connectivity index (χ4v) is 4.06. The average Bonchev–Trinajstić information content (AvgIpc) is 3.05. The number of halogens is 4. The summed E-state index contributed by atoms with van der Waals surface area (Å²) in [7, 11) is 0. The van der Waals surface area contributed by atoms with Crippen LogP contribution in [0.2, 0.25) is 0 Å². The average molecular weight is 390 g/mol. The zero-order valence-corrected chi connectivity index (χ0v) is 15.4. The number of rotatable bonds is 5. The molecular weight excluding hydrogens is 368 g/mol. The van der Waals surface area contributed by atoms with Crippen LogP contribution < -0.4 is 0 Å². The second kappa shape index (κ2) is 7.59. The van der Waals surface area contributed by atoms with Crippen molar-refractivity contribution in [1.29, 1.82) is 0 Å². The summed E-state index contributed by atoms with van der Waals surface area (Å²) in [6.45, 7) is 1.09. The Morgan fingerprint density at radius 1 is 1.07 bits per heavy atom. The van der Waals surface area contributed by atoms with Crippen molar-refractivity contribution < 1.29 is 17.6 Å². The molecular formula is C22H22F4N2. The number of benzene rings is 2. The lowest BCUT2D eigenvalue weighted by Gasteiger charge is -2.38. The number of alkyl halides is 2. The highest BCUT2D eigenvalue weighted by atomic mass is 19.3. The molecule has 0 radical (unpaired) electrons. The van der Waals surface area contributed by atoms with Crippen molar-refractivity contribution in [2.24, 2.45) is 5.92 Å². The van der Waals surface area contributed by atoms with Crippen LogP contribution in [0.4, 0.5) is 17.6 Å². The first kappa shape index (κ1) is 19.0. The van der Waals surface area contributed by atoms with E-state index in [2.05, 4.69) is 4.98 Å². The normalized spacial score (nSPS) is 19.9. The van der Waals surface area contributed by atoms with Gasteiger partial charge < -0.3 is 4.98 Å². The van der Waals surface area contributed by atoms with Crippen molar-refractivity contribution in [3.05, 3.63) is 71.4 Å². The lowest BCUT2D eigenvalue weighted by Crippen LogP contribution is -2.46. The minimum Gasteiger partial charge on any atom is -0.361 e. The summed E-state index contributed by atoms with van der Waals surface area (Å²) >= 11 is 0. The highest BCUT2D eigenvalue weighted by molar-refractivity contribution is 5.83. The first-order valence-electron chi connectivity index (χ1n) is 9.51. The Labute approximate surface area is 161 Å². The third-order valence-electron chi connectivity index (χ3n) is 5.68. The molecule has 2 aromatic carbocycles. The van der Waals surface area contributed by atoms with Gasteiger partial charge in [0.15, 0.2) is 0 Å². The van der Waals surface area contributed by atoms with E-state index in [0.29, 0.717) is 30.6 Å². The number of hydrogen-bond donors (Lipinski definition) is 1. The van der Waals surface area contributed by atoms with Crippen LogP contribution in [0, 0.1) is 17.6 Å². The number of aromatic amines is 1. The standard InChI is InChI=1S/C22H22F4N2/c23-18-7-8-19-16(12-27-21(19)11-18)13-28-10-9-22(25,26)17(14-28)6-5-15-3-1-2-4-20(15)24/h1-4,7-8,11-12,17,27H,5-6,9-10,13-14H2. The van der Waals surface area contributed by atoms with Gasteiger partial charge in [0.25, 0.3) is 5.92 Å². The first-order valence-corrected chi connectivity index (χ1v) is 9.51. The van der Waals surface area contributed by atoms with Crippen molar-refractivity contribution in [3.8, 4) is 0 Å². The van der Waals surface area contributed by atoms with Gasteiger partial charge in [-0.1, -0.05) is 18.2 Å². The number of nitrogens with zero attached hydrogens (tertiary/aromatic N) is 1. The SMILES string of the molecule is Fc1ccc2c(CN3CCC(F)(F)C(CCc4ccccc4F)C3)c[nH]c2c1. The summed E-state index contributed by atoms with van der Waals surface area (Å²) in [4.78, 5) is 5.05. The van der Waals surface area contributed by atoms with E-state index in [1.807, 2.05) is 11.1 Å². The molecule has 1 aliphatic heterocycles. The Bertz CT molecular complexity index is 966. The van der Waals surface area contributed by atoms with E-state index >= 15 is 0 Å². The minimum atomic E-state index is -2.74. The number of H-pyrrole nitrogens is 1. The quantitative estimate of drug-likeness (QED) is 0.567. The molecule has 4 rings (SSSR count). The lowest BCUT2D eigenvalue weighted by molar-refractivity contribution is -0.109. The number of likely N-dealkylation sites (tertiary alicyclic amines) is 1. The number of aromatic nitrogens is 1. The van der Waals surface area contributed by atoms with Gasteiger partial charge in [-0.3, -0.25) is 4.90 Å². The minimum absolute atomic E-state index is 0.202. The second-order valence-electron chi connectivity index (χ2n) is 7.58. The molecule has 148 valence electrons. The molecule has 0 saturated carbocycles. The van der Waals surface area contributed by atoms with Gasteiger partial charge >= 0.3 is 0 Å². The molecule has 0 spiro atoms. The van der Waals surface area contributed by atoms with Gasteiger partial charge in [-0.05, 0) is 48.2 Å². The van der Waals surface area contributed by atoms with Crippen LogP contribution in [-0.4, -0.2) is 28.9 Å². The Balaban J connectivity index is 1.45. The molecule has 2 nitrogen and oxygen atoms in total. The molecule has 28 heavy (non-hydrogen) atoms.